The van der Waals surface area contributed by atoms with Crippen LogP contribution < -0.4 is 5.30 Å². The standard InChI is InChI=1S/C6H7P.C2H3N3.2HI/c7-6-4-2-1-3-5-6;1-2-4-5-3-1;;/h1-5H,7H2;1-2H,(H,3,4,5);2*1H. The maximum atomic E-state index is 3.49. The van der Waals surface area contributed by atoms with E-state index in [0.29, 0.717) is 0 Å². The Morgan fingerprint density at radius 2 is 1.43 bits per heavy atom. The van der Waals surface area contributed by atoms with Crippen molar-refractivity contribution in [3.63, 3.8) is 0 Å². The van der Waals surface area contributed by atoms with Crippen molar-refractivity contribution in [3.8, 4) is 0 Å². The molecule has 1 aromatic carbocycles. The third-order valence-corrected chi connectivity index (χ3v) is 1.52. The third kappa shape index (κ3) is 8.83. The topological polar surface area (TPSA) is 41.6 Å². The summed E-state index contributed by atoms with van der Waals surface area (Å²) >= 11 is 0. The Bertz CT molecular complexity index is 271. The second-order valence-electron chi connectivity index (χ2n) is 2.07. The molecule has 2 rings (SSSR count). The van der Waals surface area contributed by atoms with Gasteiger partial charge >= 0.3 is 0 Å². The molecule has 0 amide bonds. The number of halogens is 2. The summed E-state index contributed by atoms with van der Waals surface area (Å²) in [6, 6.07) is 10.1. The van der Waals surface area contributed by atoms with Crippen molar-refractivity contribution < 1.29 is 0 Å². The Morgan fingerprint density at radius 3 is 1.64 bits per heavy atom. The number of rotatable bonds is 0. The summed E-state index contributed by atoms with van der Waals surface area (Å²) < 4.78 is 0. The minimum Gasteiger partial charge on any atom is -0.198 e. The normalized spacial score (nSPS) is 7.21. The highest BCUT2D eigenvalue weighted by atomic mass is 127. The van der Waals surface area contributed by atoms with Gasteiger partial charge in [0.1, 0.15) is 0 Å². The van der Waals surface area contributed by atoms with Crippen LogP contribution in [0.4, 0.5) is 0 Å². The SMILES string of the molecule is I.I.Pc1ccccc1.c1cn[nH]n1. The second-order valence-corrected chi connectivity index (χ2v) is 2.73. The molecule has 2 aromatic rings. The van der Waals surface area contributed by atoms with Crippen molar-refractivity contribution in [2.75, 3.05) is 0 Å². The number of H-pyrrole nitrogens is 1. The lowest BCUT2D eigenvalue weighted by atomic mass is 10.4. The average molecular weight is 435 g/mol. The lowest BCUT2D eigenvalue weighted by Crippen LogP contribution is -1.82. The van der Waals surface area contributed by atoms with Crippen LogP contribution in [0.3, 0.4) is 0 Å². The molecule has 0 aliphatic heterocycles. The molecule has 0 spiro atoms. The first kappa shape index (κ1) is 16.7. The van der Waals surface area contributed by atoms with E-state index in [-0.39, 0.29) is 48.0 Å². The molecule has 14 heavy (non-hydrogen) atoms. The summed E-state index contributed by atoms with van der Waals surface area (Å²) in [6.45, 7) is 0. The van der Waals surface area contributed by atoms with Crippen molar-refractivity contribution in [1.82, 2.24) is 15.4 Å². The third-order valence-electron chi connectivity index (χ3n) is 1.13. The molecule has 1 atom stereocenters. The highest BCUT2D eigenvalue weighted by Crippen LogP contribution is 1.86. The van der Waals surface area contributed by atoms with Crippen molar-refractivity contribution in [3.05, 3.63) is 42.7 Å². The molecule has 0 bridgehead atoms. The zero-order valence-electron chi connectivity index (χ0n) is 7.33. The van der Waals surface area contributed by atoms with Gasteiger partial charge in [-0.15, -0.1) is 57.2 Å². The molecular formula is C8H12I2N3P. The highest BCUT2D eigenvalue weighted by molar-refractivity contribution is 14.0. The van der Waals surface area contributed by atoms with Gasteiger partial charge < -0.3 is 0 Å². The fourth-order valence-electron chi connectivity index (χ4n) is 0.620. The molecule has 3 nitrogen and oxygen atoms in total. The van der Waals surface area contributed by atoms with E-state index in [4.69, 9.17) is 0 Å². The number of nitrogens with zero attached hydrogens (tertiary/aromatic N) is 2. The van der Waals surface area contributed by atoms with Crippen molar-refractivity contribution in [1.29, 1.82) is 0 Å². The van der Waals surface area contributed by atoms with Gasteiger partial charge in [-0.1, -0.05) is 30.3 Å². The molecule has 1 heterocycles. The van der Waals surface area contributed by atoms with Crippen LogP contribution in [0.2, 0.25) is 0 Å². The summed E-state index contributed by atoms with van der Waals surface area (Å²) in [5.74, 6) is 0. The van der Waals surface area contributed by atoms with E-state index in [1.54, 1.807) is 12.4 Å². The minimum absolute atomic E-state index is 0. The molecule has 0 fully saturated rings. The summed E-state index contributed by atoms with van der Waals surface area (Å²) in [5.41, 5.74) is 0. The summed E-state index contributed by atoms with van der Waals surface area (Å²) in [7, 11) is 2.63. The Balaban J connectivity index is 0. The van der Waals surface area contributed by atoms with Gasteiger partial charge in [-0.3, -0.25) is 0 Å². The quantitative estimate of drug-likeness (QED) is 0.510. The first-order valence-corrected chi connectivity index (χ1v) is 4.07. The zero-order valence-corrected chi connectivity index (χ0v) is 13.1. The Kier molecular flexibility index (Phi) is 13.5. The van der Waals surface area contributed by atoms with E-state index < -0.39 is 0 Å². The molecule has 1 N–H and O–H groups in total. The average Bonchev–Trinajstić information content (AvgIpc) is 2.62. The molecule has 1 unspecified atom stereocenters. The Hall–Kier alpha value is 0.250. The van der Waals surface area contributed by atoms with E-state index in [0.717, 1.165) is 0 Å². The van der Waals surface area contributed by atoms with E-state index in [1.807, 2.05) is 30.3 Å². The molecular weight excluding hydrogens is 423 g/mol. The molecule has 0 radical (unpaired) electrons. The largest absolute Gasteiger partial charge is 0.198 e. The molecule has 0 aliphatic rings. The van der Waals surface area contributed by atoms with E-state index >= 15 is 0 Å². The van der Waals surface area contributed by atoms with Gasteiger partial charge in [0.25, 0.3) is 0 Å². The van der Waals surface area contributed by atoms with Gasteiger partial charge in [0.15, 0.2) is 0 Å². The van der Waals surface area contributed by atoms with Crippen molar-refractivity contribution >= 4 is 62.5 Å². The number of aromatic amines is 1. The first-order valence-electron chi connectivity index (χ1n) is 3.50. The van der Waals surface area contributed by atoms with E-state index in [9.17, 15) is 0 Å². The second kappa shape index (κ2) is 11.3. The van der Waals surface area contributed by atoms with Crippen LogP contribution >= 0.6 is 57.2 Å². The van der Waals surface area contributed by atoms with Gasteiger partial charge in [-0.25, -0.2) is 0 Å². The zero-order chi connectivity index (χ0) is 8.65. The summed E-state index contributed by atoms with van der Waals surface area (Å²) in [6.07, 6.45) is 3.17. The number of nitrogens with one attached hydrogen (secondary N) is 1. The van der Waals surface area contributed by atoms with Crippen LogP contribution in [-0.2, 0) is 0 Å². The Labute approximate surface area is 120 Å². The monoisotopic (exact) mass is 435 g/mol. The maximum Gasteiger partial charge on any atom is 0.0690 e. The first-order chi connectivity index (χ1) is 5.89. The van der Waals surface area contributed by atoms with Crippen LogP contribution in [0.5, 0.6) is 0 Å². The maximum absolute atomic E-state index is 3.49. The van der Waals surface area contributed by atoms with Crippen LogP contribution in [0, 0.1) is 0 Å². The smallest absolute Gasteiger partial charge is 0.0690 e. The molecule has 6 heteroatoms. The van der Waals surface area contributed by atoms with Crippen LogP contribution in [-0.4, -0.2) is 15.4 Å². The van der Waals surface area contributed by atoms with Crippen molar-refractivity contribution in [2.45, 2.75) is 0 Å². The number of benzene rings is 1. The van der Waals surface area contributed by atoms with E-state index in [2.05, 4.69) is 24.7 Å². The molecule has 0 saturated heterocycles. The van der Waals surface area contributed by atoms with Crippen molar-refractivity contribution in [2.24, 2.45) is 0 Å². The number of aromatic nitrogens is 3. The lowest BCUT2D eigenvalue weighted by Gasteiger charge is -1.82. The van der Waals surface area contributed by atoms with E-state index in [1.165, 1.54) is 5.30 Å². The number of hydrogen-bond acceptors (Lipinski definition) is 2. The predicted molar refractivity (Wildman–Crippen MR) is 83.0 cm³/mol. The fourth-order valence-corrected chi connectivity index (χ4v) is 0.842. The van der Waals surface area contributed by atoms with Gasteiger partial charge in [0.2, 0.25) is 0 Å². The minimum atomic E-state index is 0. The Morgan fingerprint density at radius 1 is 0.929 bits per heavy atom. The molecule has 78 valence electrons. The molecule has 1 aromatic heterocycles. The van der Waals surface area contributed by atoms with Gasteiger partial charge in [0.05, 0.1) is 12.4 Å². The van der Waals surface area contributed by atoms with Crippen LogP contribution in [0.1, 0.15) is 0 Å². The lowest BCUT2D eigenvalue weighted by molar-refractivity contribution is 0.940. The number of hydrogen-bond donors (Lipinski definition) is 1. The van der Waals surface area contributed by atoms with Crippen LogP contribution in [0.15, 0.2) is 42.7 Å². The van der Waals surface area contributed by atoms with Crippen LogP contribution in [0.25, 0.3) is 0 Å². The summed E-state index contributed by atoms with van der Waals surface area (Å²) in [5, 5.41) is 10.6. The fraction of sp³-hybridized carbons (Fsp3) is 0. The molecule has 0 saturated carbocycles. The van der Waals surface area contributed by atoms with Gasteiger partial charge in [-0.2, -0.15) is 15.4 Å². The molecule has 0 aliphatic carbocycles. The van der Waals surface area contributed by atoms with Gasteiger partial charge in [-0.05, 0) is 5.30 Å². The predicted octanol–water partition coefficient (Wildman–Crippen LogP) is 2.23. The summed E-state index contributed by atoms with van der Waals surface area (Å²) in [4.78, 5) is 0. The van der Waals surface area contributed by atoms with Gasteiger partial charge in [0, 0.05) is 0 Å². The highest BCUT2D eigenvalue weighted by Gasteiger charge is 1.72.